The van der Waals surface area contributed by atoms with Crippen LogP contribution in [0.15, 0.2) is 24.3 Å². The van der Waals surface area contributed by atoms with Crippen molar-refractivity contribution in [1.29, 1.82) is 0 Å². The maximum Gasteiger partial charge on any atom is 0.321 e. The number of nitrogens with zero attached hydrogens (tertiary/aromatic N) is 1. The third-order valence-corrected chi connectivity index (χ3v) is 4.22. The molecule has 0 spiro atoms. The first kappa shape index (κ1) is 14.9. The number of nitrogens with one attached hydrogen (secondary N) is 2. The number of anilines is 1. The topological polar surface area (TPSA) is 44.4 Å². The molecule has 2 N–H and O–H groups in total. The fraction of sp³-hybridized carbons (Fsp3) is 0.562. The Balaban J connectivity index is 1.98. The predicted molar refractivity (Wildman–Crippen MR) is 82.9 cm³/mol. The summed E-state index contributed by atoms with van der Waals surface area (Å²) in [7, 11) is 1.94. The first-order valence-electron chi connectivity index (χ1n) is 7.47. The predicted octanol–water partition coefficient (Wildman–Crippen LogP) is 3.23. The Labute approximate surface area is 121 Å². The lowest BCUT2D eigenvalue weighted by molar-refractivity contribution is 0.220. The van der Waals surface area contributed by atoms with Gasteiger partial charge in [-0.3, -0.25) is 0 Å². The molecule has 4 heteroatoms. The van der Waals surface area contributed by atoms with Crippen molar-refractivity contribution in [2.45, 2.75) is 32.7 Å². The summed E-state index contributed by atoms with van der Waals surface area (Å²) in [5.41, 5.74) is 2.05. The Morgan fingerprint density at radius 3 is 2.95 bits per heavy atom. The zero-order valence-corrected chi connectivity index (χ0v) is 12.6. The van der Waals surface area contributed by atoms with Crippen LogP contribution < -0.4 is 10.6 Å². The van der Waals surface area contributed by atoms with Crippen molar-refractivity contribution < 1.29 is 4.79 Å². The first-order valence-corrected chi connectivity index (χ1v) is 7.47. The summed E-state index contributed by atoms with van der Waals surface area (Å²) in [6.45, 7) is 6.05. The molecular formula is C16H25N3O. The molecular weight excluding hydrogens is 250 g/mol. The maximum absolute atomic E-state index is 12.2. The summed E-state index contributed by atoms with van der Waals surface area (Å²) in [6, 6.07) is 8.33. The highest BCUT2D eigenvalue weighted by molar-refractivity contribution is 5.89. The minimum atomic E-state index is 0.0233. The third-order valence-electron chi connectivity index (χ3n) is 4.22. The number of hydrogen-bond acceptors (Lipinski definition) is 2. The van der Waals surface area contributed by atoms with Crippen molar-refractivity contribution in [2.24, 2.45) is 5.92 Å². The smallest absolute Gasteiger partial charge is 0.321 e. The largest absolute Gasteiger partial charge is 0.324 e. The summed E-state index contributed by atoms with van der Waals surface area (Å²) in [4.78, 5) is 14.1. The van der Waals surface area contributed by atoms with Gasteiger partial charge in [0, 0.05) is 24.8 Å². The Morgan fingerprint density at radius 2 is 2.30 bits per heavy atom. The van der Waals surface area contributed by atoms with Crippen LogP contribution in [0.1, 0.15) is 38.3 Å². The molecule has 1 heterocycles. The molecule has 2 atom stereocenters. The van der Waals surface area contributed by atoms with Crippen molar-refractivity contribution >= 4 is 11.7 Å². The van der Waals surface area contributed by atoms with Crippen LogP contribution in [0.4, 0.5) is 10.5 Å². The van der Waals surface area contributed by atoms with E-state index in [2.05, 4.69) is 30.5 Å². The quantitative estimate of drug-likeness (QED) is 0.886. The number of rotatable bonds is 4. The Hall–Kier alpha value is -1.55. The number of urea groups is 1. The van der Waals surface area contributed by atoms with Crippen LogP contribution in [0.2, 0.25) is 0 Å². The van der Waals surface area contributed by atoms with Crippen molar-refractivity contribution in [1.82, 2.24) is 10.2 Å². The van der Waals surface area contributed by atoms with Crippen molar-refractivity contribution in [3.05, 3.63) is 29.8 Å². The average Bonchev–Trinajstić information content (AvgIpc) is 2.95. The number of amides is 2. The third kappa shape index (κ3) is 3.51. The van der Waals surface area contributed by atoms with Gasteiger partial charge in [-0.05, 0) is 44.0 Å². The summed E-state index contributed by atoms with van der Waals surface area (Å²) in [5, 5.41) is 6.21. The maximum atomic E-state index is 12.2. The molecule has 0 bridgehead atoms. The van der Waals surface area contributed by atoms with Crippen molar-refractivity contribution in [2.75, 3.05) is 25.5 Å². The van der Waals surface area contributed by atoms with E-state index in [1.54, 1.807) is 0 Å². The molecule has 1 aromatic carbocycles. The Bertz CT molecular complexity index is 461. The van der Waals surface area contributed by atoms with Crippen LogP contribution in [-0.2, 0) is 0 Å². The zero-order valence-electron chi connectivity index (χ0n) is 12.6. The van der Waals surface area contributed by atoms with Gasteiger partial charge in [-0.2, -0.15) is 0 Å². The van der Waals surface area contributed by atoms with E-state index in [0.29, 0.717) is 5.92 Å². The molecule has 20 heavy (non-hydrogen) atoms. The molecule has 2 unspecified atom stereocenters. The minimum absolute atomic E-state index is 0.0233. The van der Waals surface area contributed by atoms with Crippen LogP contribution in [0.25, 0.3) is 0 Å². The van der Waals surface area contributed by atoms with Crippen LogP contribution in [0, 0.1) is 5.92 Å². The molecule has 0 aliphatic carbocycles. The molecule has 2 amide bonds. The highest BCUT2D eigenvalue weighted by Crippen LogP contribution is 2.21. The highest BCUT2D eigenvalue weighted by atomic mass is 16.2. The van der Waals surface area contributed by atoms with E-state index in [9.17, 15) is 4.79 Å². The lowest BCUT2D eigenvalue weighted by Crippen LogP contribution is -2.33. The van der Waals surface area contributed by atoms with Crippen molar-refractivity contribution in [3.63, 3.8) is 0 Å². The fourth-order valence-corrected chi connectivity index (χ4v) is 2.61. The molecule has 110 valence electrons. The second kappa shape index (κ2) is 6.75. The highest BCUT2D eigenvalue weighted by Gasteiger charge is 2.24. The molecule has 0 saturated carbocycles. The molecule has 1 aliphatic heterocycles. The normalized spacial score (nSPS) is 19.9. The first-order chi connectivity index (χ1) is 9.63. The van der Waals surface area contributed by atoms with Gasteiger partial charge in [0.1, 0.15) is 0 Å². The van der Waals surface area contributed by atoms with Gasteiger partial charge in [-0.15, -0.1) is 0 Å². The van der Waals surface area contributed by atoms with Crippen molar-refractivity contribution in [3.8, 4) is 0 Å². The molecule has 4 nitrogen and oxygen atoms in total. The number of hydrogen-bond donors (Lipinski definition) is 2. The summed E-state index contributed by atoms with van der Waals surface area (Å²) in [5.74, 6) is 0.663. The van der Waals surface area contributed by atoms with Crippen LogP contribution >= 0.6 is 0 Å². The Kier molecular flexibility index (Phi) is 5.01. The van der Waals surface area contributed by atoms with Gasteiger partial charge in [-0.1, -0.05) is 25.5 Å². The molecule has 1 saturated heterocycles. The average molecular weight is 275 g/mol. The monoisotopic (exact) mass is 275 g/mol. The minimum Gasteiger partial charge on any atom is -0.324 e. The number of carbonyl (C=O) groups is 1. The molecule has 0 aromatic heterocycles. The van der Waals surface area contributed by atoms with Crippen LogP contribution in [0.3, 0.4) is 0 Å². The van der Waals surface area contributed by atoms with Gasteiger partial charge in [0.25, 0.3) is 0 Å². The fourth-order valence-electron chi connectivity index (χ4n) is 2.61. The molecule has 2 rings (SSSR count). The summed E-state index contributed by atoms with van der Waals surface area (Å²) >= 11 is 0. The van der Waals surface area contributed by atoms with E-state index in [1.807, 2.05) is 30.1 Å². The molecule has 1 aliphatic rings. The van der Waals surface area contributed by atoms with E-state index < -0.39 is 0 Å². The SMILES string of the molecule is CCC1CCN(C(=O)Nc2cccc(C(C)NC)c2)C1. The van der Waals surface area contributed by atoms with Crippen LogP contribution in [-0.4, -0.2) is 31.1 Å². The van der Waals surface area contributed by atoms with Gasteiger partial charge in [-0.25, -0.2) is 4.79 Å². The van der Waals surface area contributed by atoms with Gasteiger partial charge in [0.2, 0.25) is 0 Å². The number of likely N-dealkylation sites (tertiary alicyclic amines) is 1. The van der Waals surface area contributed by atoms with E-state index in [1.165, 1.54) is 5.56 Å². The second-order valence-electron chi connectivity index (χ2n) is 5.57. The summed E-state index contributed by atoms with van der Waals surface area (Å²) < 4.78 is 0. The van der Waals surface area contributed by atoms with E-state index in [0.717, 1.165) is 31.6 Å². The van der Waals surface area contributed by atoms with E-state index >= 15 is 0 Å². The molecule has 0 radical (unpaired) electrons. The van der Waals surface area contributed by atoms with Gasteiger partial charge in [0.15, 0.2) is 0 Å². The lowest BCUT2D eigenvalue weighted by atomic mass is 10.1. The standard InChI is InChI=1S/C16H25N3O/c1-4-13-8-9-19(11-13)16(20)18-15-7-5-6-14(10-15)12(2)17-3/h5-7,10,12-13,17H,4,8-9,11H2,1-3H3,(H,18,20). The lowest BCUT2D eigenvalue weighted by Gasteiger charge is -2.18. The second-order valence-corrected chi connectivity index (χ2v) is 5.57. The van der Waals surface area contributed by atoms with Gasteiger partial charge < -0.3 is 15.5 Å². The van der Waals surface area contributed by atoms with Crippen LogP contribution in [0.5, 0.6) is 0 Å². The number of carbonyl (C=O) groups excluding carboxylic acids is 1. The van der Waals surface area contributed by atoms with E-state index in [-0.39, 0.29) is 12.1 Å². The molecule has 1 fully saturated rings. The van der Waals surface area contributed by atoms with Gasteiger partial charge in [0.05, 0.1) is 0 Å². The molecule has 1 aromatic rings. The van der Waals surface area contributed by atoms with E-state index in [4.69, 9.17) is 0 Å². The Morgan fingerprint density at radius 1 is 1.50 bits per heavy atom. The summed E-state index contributed by atoms with van der Waals surface area (Å²) in [6.07, 6.45) is 2.28. The van der Waals surface area contributed by atoms with Gasteiger partial charge >= 0.3 is 6.03 Å². The number of benzene rings is 1. The zero-order chi connectivity index (χ0) is 14.5.